The Kier molecular flexibility index (Phi) is 3.30. The van der Waals surface area contributed by atoms with Crippen LogP contribution in [0.3, 0.4) is 0 Å². The minimum absolute atomic E-state index is 0.0741. The molecule has 1 aliphatic carbocycles. The third-order valence-corrected chi connectivity index (χ3v) is 4.21. The number of rotatable bonds is 4. The second kappa shape index (κ2) is 5.47. The Balaban J connectivity index is 1.65. The van der Waals surface area contributed by atoms with Crippen LogP contribution in [0.15, 0.2) is 48.5 Å². The third-order valence-electron chi connectivity index (χ3n) is 4.21. The van der Waals surface area contributed by atoms with Crippen LogP contribution in [0, 0.1) is 0 Å². The van der Waals surface area contributed by atoms with E-state index in [1.807, 2.05) is 30.3 Å². The molecule has 0 spiro atoms. The van der Waals surface area contributed by atoms with Gasteiger partial charge in [0.25, 0.3) is 0 Å². The van der Waals surface area contributed by atoms with Crippen molar-refractivity contribution >= 4 is 22.5 Å². The van der Waals surface area contributed by atoms with E-state index in [0.717, 1.165) is 40.6 Å². The molecule has 0 aliphatic heterocycles. The molecular weight excluding hydrogens is 286 g/mol. The number of anilines is 1. The molecule has 2 aromatic carbocycles. The predicted octanol–water partition coefficient (Wildman–Crippen LogP) is 3.24. The molecule has 1 saturated carbocycles. The summed E-state index contributed by atoms with van der Waals surface area (Å²) in [5.41, 5.74) is 10.9. The molecule has 4 heteroatoms. The minimum atomic E-state index is 0.0741. The van der Waals surface area contributed by atoms with Gasteiger partial charge in [-0.3, -0.25) is 4.79 Å². The number of hydrogen-bond acceptors (Lipinski definition) is 2. The third kappa shape index (κ3) is 2.93. The summed E-state index contributed by atoms with van der Waals surface area (Å²) in [5, 5.41) is 4.05. The van der Waals surface area contributed by atoms with Crippen molar-refractivity contribution in [2.45, 2.75) is 25.3 Å². The molecule has 1 amide bonds. The number of fused-ring (bicyclic) bond motifs is 1. The number of carbonyl (C=O) groups excluding carboxylic acids is 1. The van der Waals surface area contributed by atoms with Crippen molar-refractivity contribution in [1.29, 1.82) is 0 Å². The average molecular weight is 305 g/mol. The normalized spacial score (nSPS) is 14.1. The molecular formula is C19H19N3O. The number of aromatic nitrogens is 1. The molecule has 0 unspecified atom stereocenters. The van der Waals surface area contributed by atoms with E-state index >= 15 is 0 Å². The summed E-state index contributed by atoms with van der Waals surface area (Å²) in [6, 6.07) is 16.5. The van der Waals surface area contributed by atoms with Gasteiger partial charge < -0.3 is 16.0 Å². The number of nitrogens with one attached hydrogen (secondary N) is 2. The lowest BCUT2D eigenvalue weighted by atomic mass is 10.1. The highest BCUT2D eigenvalue weighted by atomic mass is 16.1. The van der Waals surface area contributed by atoms with Crippen LogP contribution in [-0.2, 0) is 11.2 Å². The number of carbonyl (C=O) groups is 1. The fourth-order valence-electron chi connectivity index (χ4n) is 2.90. The molecule has 1 fully saturated rings. The van der Waals surface area contributed by atoms with Gasteiger partial charge in [0, 0.05) is 17.1 Å². The Labute approximate surface area is 134 Å². The van der Waals surface area contributed by atoms with Crippen LogP contribution in [0.5, 0.6) is 0 Å². The van der Waals surface area contributed by atoms with E-state index < -0.39 is 0 Å². The van der Waals surface area contributed by atoms with Gasteiger partial charge in [0.1, 0.15) is 0 Å². The van der Waals surface area contributed by atoms with Crippen LogP contribution in [-0.4, -0.2) is 16.9 Å². The second-order valence-electron chi connectivity index (χ2n) is 6.22. The smallest absolute Gasteiger partial charge is 0.224 e. The van der Waals surface area contributed by atoms with E-state index in [4.69, 9.17) is 5.73 Å². The fraction of sp³-hybridized carbons (Fsp3) is 0.211. The highest BCUT2D eigenvalue weighted by molar-refractivity contribution is 5.95. The van der Waals surface area contributed by atoms with Crippen LogP contribution in [0.2, 0.25) is 0 Å². The van der Waals surface area contributed by atoms with Gasteiger partial charge in [-0.2, -0.15) is 0 Å². The van der Waals surface area contributed by atoms with E-state index in [2.05, 4.69) is 28.5 Å². The first kappa shape index (κ1) is 13.9. The Morgan fingerprint density at radius 1 is 1.17 bits per heavy atom. The van der Waals surface area contributed by atoms with Gasteiger partial charge in [0.05, 0.1) is 17.6 Å². The Morgan fingerprint density at radius 3 is 2.70 bits per heavy atom. The molecule has 0 radical (unpaired) electrons. The molecule has 4 nitrogen and oxygen atoms in total. The maximum Gasteiger partial charge on any atom is 0.224 e. The molecule has 0 atom stereocenters. The molecule has 1 aliphatic rings. The van der Waals surface area contributed by atoms with Gasteiger partial charge >= 0.3 is 0 Å². The maximum atomic E-state index is 12.0. The Bertz CT molecular complexity index is 863. The van der Waals surface area contributed by atoms with Gasteiger partial charge in [-0.1, -0.05) is 30.3 Å². The number of nitrogens with two attached hydrogens (primary N) is 1. The summed E-state index contributed by atoms with van der Waals surface area (Å²) >= 11 is 0. The van der Waals surface area contributed by atoms with E-state index in [1.54, 1.807) is 0 Å². The molecule has 0 saturated heterocycles. The molecule has 4 rings (SSSR count). The predicted molar refractivity (Wildman–Crippen MR) is 93.0 cm³/mol. The number of H-pyrrole nitrogens is 1. The maximum absolute atomic E-state index is 12.0. The van der Waals surface area contributed by atoms with Crippen LogP contribution >= 0.6 is 0 Å². The summed E-state index contributed by atoms with van der Waals surface area (Å²) < 4.78 is 0. The zero-order chi connectivity index (χ0) is 15.8. The minimum Gasteiger partial charge on any atom is -0.397 e. The highest BCUT2D eigenvalue weighted by Crippen LogP contribution is 2.29. The van der Waals surface area contributed by atoms with Crippen LogP contribution in [0.25, 0.3) is 22.2 Å². The molecule has 23 heavy (non-hydrogen) atoms. The van der Waals surface area contributed by atoms with Crippen molar-refractivity contribution in [3.05, 3.63) is 54.1 Å². The topological polar surface area (TPSA) is 70.9 Å². The van der Waals surface area contributed by atoms with E-state index in [-0.39, 0.29) is 5.91 Å². The van der Waals surface area contributed by atoms with Crippen molar-refractivity contribution < 1.29 is 4.79 Å². The lowest BCUT2D eigenvalue weighted by molar-refractivity contribution is -0.120. The molecule has 3 aromatic rings. The summed E-state index contributed by atoms with van der Waals surface area (Å²) in [6.45, 7) is 0. The largest absolute Gasteiger partial charge is 0.397 e. The van der Waals surface area contributed by atoms with Gasteiger partial charge in [-0.25, -0.2) is 0 Å². The zero-order valence-corrected chi connectivity index (χ0v) is 12.8. The van der Waals surface area contributed by atoms with Gasteiger partial charge in [-0.05, 0) is 42.2 Å². The number of aromatic amines is 1. The molecule has 1 heterocycles. The monoisotopic (exact) mass is 305 g/mol. The summed E-state index contributed by atoms with van der Waals surface area (Å²) in [5.74, 6) is 0.0741. The van der Waals surface area contributed by atoms with Crippen LogP contribution in [0.1, 0.15) is 18.4 Å². The zero-order valence-electron chi connectivity index (χ0n) is 12.8. The van der Waals surface area contributed by atoms with Crippen molar-refractivity contribution in [3.63, 3.8) is 0 Å². The molecule has 4 N–H and O–H groups in total. The Morgan fingerprint density at radius 2 is 1.96 bits per heavy atom. The number of benzene rings is 2. The first-order valence-corrected chi connectivity index (χ1v) is 7.95. The van der Waals surface area contributed by atoms with Gasteiger partial charge in [-0.15, -0.1) is 0 Å². The van der Waals surface area contributed by atoms with E-state index in [1.165, 1.54) is 0 Å². The summed E-state index contributed by atoms with van der Waals surface area (Å²) in [7, 11) is 0. The first-order valence-electron chi connectivity index (χ1n) is 7.95. The number of nitrogen functional groups attached to an aromatic ring is 1. The van der Waals surface area contributed by atoms with Crippen LogP contribution < -0.4 is 11.1 Å². The van der Waals surface area contributed by atoms with Crippen molar-refractivity contribution in [1.82, 2.24) is 10.3 Å². The summed E-state index contributed by atoms with van der Waals surface area (Å²) in [6.07, 6.45) is 2.58. The molecule has 116 valence electrons. The van der Waals surface area contributed by atoms with Gasteiger partial charge in [0.15, 0.2) is 0 Å². The van der Waals surface area contributed by atoms with Crippen molar-refractivity contribution in [2.24, 2.45) is 0 Å². The number of amides is 1. The Hall–Kier alpha value is -2.75. The molecule has 0 bridgehead atoms. The first-order chi connectivity index (χ1) is 11.2. The lowest BCUT2D eigenvalue weighted by Crippen LogP contribution is -2.26. The van der Waals surface area contributed by atoms with Crippen LogP contribution in [0.4, 0.5) is 5.69 Å². The molecule has 1 aromatic heterocycles. The van der Waals surface area contributed by atoms with E-state index in [0.29, 0.717) is 18.2 Å². The fourth-order valence-corrected chi connectivity index (χ4v) is 2.90. The second-order valence-corrected chi connectivity index (χ2v) is 6.22. The van der Waals surface area contributed by atoms with Crippen molar-refractivity contribution in [3.8, 4) is 11.3 Å². The SMILES string of the molecule is Nc1cc(CC(=O)NC2CC2)cc2cc(-c3ccccc3)[nH]c12. The van der Waals surface area contributed by atoms with E-state index in [9.17, 15) is 4.79 Å². The average Bonchev–Trinajstić information content (AvgIpc) is 3.23. The highest BCUT2D eigenvalue weighted by Gasteiger charge is 2.23. The van der Waals surface area contributed by atoms with Crippen molar-refractivity contribution in [2.75, 3.05) is 5.73 Å². The quantitative estimate of drug-likeness (QED) is 0.648. The standard InChI is InChI=1S/C19H19N3O/c20-16-9-12(10-18(23)21-15-6-7-15)8-14-11-17(22-19(14)16)13-4-2-1-3-5-13/h1-5,8-9,11,15,22H,6-7,10,20H2,(H,21,23). The lowest BCUT2D eigenvalue weighted by Gasteiger charge is -2.05. The number of hydrogen-bond donors (Lipinski definition) is 3. The van der Waals surface area contributed by atoms with Gasteiger partial charge in [0.2, 0.25) is 5.91 Å². The summed E-state index contributed by atoms with van der Waals surface area (Å²) in [4.78, 5) is 15.4.